The van der Waals surface area contributed by atoms with Crippen LogP contribution in [0.3, 0.4) is 0 Å². The lowest BCUT2D eigenvalue weighted by atomic mass is 10.2. The Bertz CT molecular complexity index is 965. The molecule has 0 bridgehead atoms. The predicted octanol–water partition coefficient (Wildman–Crippen LogP) is 2.46. The quantitative estimate of drug-likeness (QED) is 0.607. The number of hydrogen-bond donors (Lipinski definition) is 1. The number of morpholine rings is 1. The number of aromatic nitrogens is 1. The molecule has 0 radical (unpaired) electrons. The van der Waals surface area contributed by atoms with Crippen molar-refractivity contribution in [2.45, 2.75) is 6.04 Å². The first kappa shape index (κ1) is 18.7. The second kappa shape index (κ2) is 7.42. The number of ether oxygens (including phenoxy) is 1. The standard InChI is InChI=1S/C18H14ClFN4O3S/c19-11-8-10(21-16(25)12-2-1-3-15(20)22-12)4-5-13(11)24-17(26)14-9-27-7-6-23(14)18(24)28/h1-5,8,14H,6-7,9H2,(H,21,25). The average molecular weight is 421 g/mol. The van der Waals surface area contributed by atoms with Crippen molar-refractivity contribution in [1.29, 1.82) is 0 Å². The molecule has 2 aliphatic rings. The van der Waals surface area contributed by atoms with Crippen molar-refractivity contribution in [3.63, 3.8) is 0 Å². The Morgan fingerprint density at radius 2 is 2.18 bits per heavy atom. The van der Waals surface area contributed by atoms with Crippen LogP contribution in [0.15, 0.2) is 36.4 Å². The van der Waals surface area contributed by atoms with Crippen molar-refractivity contribution in [2.24, 2.45) is 0 Å². The molecule has 0 spiro atoms. The van der Waals surface area contributed by atoms with Gasteiger partial charge in [0.25, 0.3) is 11.8 Å². The average Bonchev–Trinajstić information content (AvgIpc) is 2.93. The van der Waals surface area contributed by atoms with E-state index in [0.29, 0.717) is 29.6 Å². The minimum Gasteiger partial charge on any atom is -0.377 e. The Morgan fingerprint density at radius 3 is 2.89 bits per heavy atom. The summed E-state index contributed by atoms with van der Waals surface area (Å²) in [4.78, 5) is 31.7. The number of rotatable bonds is 3. The molecule has 2 saturated heterocycles. The van der Waals surface area contributed by atoms with Gasteiger partial charge in [-0.2, -0.15) is 4.39 Å². The largest absolute Gasteiger partial charge is 0.377 e. The number of benzene rings is 1. The summed E-state index contributed by atoms with van der Waals surface area (Å²) in [5.41, 5.74) is 0.740. The number of thiocarbonyl (C=S) groups is 1. The van der Waals surface area contributed by atoms with E-state index in [1.54, 1.807) is 12.1 Å². The van der Waals surface area contributed by atoms with Gasteiger partial charge in [0.05, 0.1) is 23.9 Å². The first-order chi connectivity index (χ1) is 13.5. The fourth-order valence-electron chi connectivity index (χ4n) is 3.13. The number of hydrogen-bond acceptors (Lipinski definition) is 5. The SMILES string of the molecule is O=C(Nc1ccc(N2C(=O)C3COCCN3C2=S)c(Cl)c1)c1cccc(F)n1. The number of pyridine rings is 1. The molecule has 1 aromatic carbocycles. The monoisotopic (exact) mass is 420 g/mol. The molecule has 1 unspecified atom stereocenters. The van der Waals surface area contributed by atoms with Gasteiger partial charge in [0.1, 0.15) is 11.7 Å². The Hall–Kier alpha value is -2.62. The number of nitrogens with zero attached hydrogens (tertiary/aromatic N) is 3. The van der Waals surface area contributed by atoms with Gasteiger partial charge in [-0.1, -0.05) is 17.7 Å². The molecule has 28 heavy (non-hydrogen) atoms. The number of halogens is 2. The zero-order valence-electron chi connectivity index (χ0n) is 14.4. The Morgan fingerprint density at radius 1 is 1.36 bits per heavy atom. The molecule has 3 heterocycles. The molecule has 144 valence electrons. The van der Waals surface area contributed by atoms with Crippen LogP contribution >= 0.6 is 23.8 Å². The molecule has 2 aliphatic heterocycles. The van der Waals surface area contributed by atoms with E-state index in [9.17, 15) is 14.0 Å². The number of carbonyl (C=O) groups excluding carboxylic acids is 2. The fraction of sp³-hybridized carbons (Fsp3) is 0.222. The number of fused-ring (bicyclic) bond motifs is 1. The van der Waals surface area contributed by atoms with E-state index in [1.165, 1.54) is 23.1 Å². The molecular weight excluding hydrogens is 407 g/mol. The van der Waals surface area contributed by atoms with Crippen LogP contribution in [-0.2, 0) is 9.53 Å². The van der Waals surface area contributed by atoms with Gasteiger partial charge in [-0.05, 0) is 42.5 Å². The van der Waals surface area contributed by atoms with E-state index in [1.807, 2.05) is 4.90 Å². The normalized spacial score (nSPS) is 19.0. The Balaban J connectivity index is 1.56. The van der Waals surface area contributed by atoms with Crippen molar-refractivity contribution < 1.29 is 18.7 Å². The summed E-state index contributed by atoms with van der Waals surface area (Å²) < 4.78 is 18.5. The molecular formula is C18H14ClFN4O3S. The molecule has 1 atom stereocenters. The first-order valence-electron chi connectivity index (χ1n) is 8.41. The first-order valence-corrected chi connectivity index (χ1v) is 9.20. The zero-order valence-corrected chi connectivity index (χ0v) is 16.0. The number of nitrogens with one attached hydrogen (secondary N) is 1. The lowest BCUT2D eigenvalue weighted by Gasteiger charge is -2.28. The molecule has 10 heteroatoms. The van der Waals surface area contributed by atoms with Crippen molar-refractivity contribution in [1.82, 2.24) is 9.88 Å². The molecule has 4 rings (SSSR count). The summed E-state index contributed by atoms with van der Waals surface area (Å²) in [5, 5.41) is 3.21. The minimum absolute atomic E-state index is 0.0621. The lowest BCUT2D eigenvalue weighted by Crippen LogP contribution is -2.44. The lowest BCUT2D eigenvalue weighted by molar-refractivity contribution is -0.123. The number of carbonyl (C=O) groups is 2. The summed E-state index contributed by atoms with van der Waals surface area (Å²) >= 11 is 11.8. The summed E-state index contributed by atoms with van der Waals surface area (Å²) in [6.45, 7) is 1.32. The summed E-state index contributed by atoms with van der Waals surface area (Å²) in [7, 11) is 0. The second-order valence-electron chi connectivity index (χ2n) is 6.21. The Kier molecular flexibility index (Phi) is 4.96. The van der Waals surface area contributed by atoms with Gasteiger partial charge < -0.3 is 15.0 Å². The third-order valence-corrected chi connectivity index (χ3v) is 5.18. The molecule has 2 aromatic rings. The zero-order chi connectivity index (χ0) is 19.8. The number of amides is 2. The van der Waals surface area contributed by atoms with E-state index in [4.69, 9.17) is 28.6 Å². The fourth-order valence-corrected chi connectivity index (χ4v) is 3.80. The van der Waals surface area contributed by atoms with Gasteiger partial charge in [0, 0.05) is 12.2 Å². The van der Waals surface area contributed by atoms with Crippen LogP contribution in [0.2, 0.25) is 5.02 Å². The molecule has 0 aliphatic carbocycles. The van der Waals surface area contributed by atoms with Crippen molar-refractivity contribution in [3.05, 3.63) is 53.1 Å². The Labute approximate surface area is 170 Å². The van der Waals surface area contributed by atoms with E-state index >= 15 is 0 Å². The summed E-state index contributed by atoms with van der Waals surface area (Å²) in [5.74, 6) is -1.53. The van der Waals surface area contributed by atoms with E-state index < -0.39 is 17.9 Å². The van der Waals surface area contributed by atoms with Gasteiger partial charge in [0.2, 0.25) is 5.95 Å². The van der Waals surface area contributed by atoms with Crippen LogP contribution in [0.5, 0.6) is 0 Å². The third-order valence-electron chi connectivity index (χ3n) is 4.47. The van der Waals surface area contributed by atoms with E-state index in [-0.39, 0.29) is 23.2 Å². The molecule has 7 nitrogen and oxygen atoms in total. The van der Waals surface area contributed by atoms with Gasteiger partial charge in [0.15, 0.2) is 5.11 Å². The van der Waals surface area contributed by atoms with Crippen LogP contribution in [0.4, 0.5) is 15.8 Å². The van der Waals surface area contributed by atoms with Crippen LogP contribution in [0, 0.1) is 5.95 Å². The maximum absolute atomic E-state index is 13.2. The summed E-state index contributed by atoms with van der Waals surface area (Å²) in [6, 6.07) is 8.17. The maximum Gasteiger partial charge on any atom is 0.274 e. The van der Waals surface area contributed by atoms with Gasteiger partial charge in [-0.25, -0.2) is 4.98 Å². The third kappa shape index (κ3) is 3.32. The van der Waals surface area contributed by atoms with Crippen molar-refractivity contribution in [2.75, 3.05) is 30.0 Å². The van der Waals surface area contributed by atoms with Gasteiger partial charge in [-0.15, -0.1) is 0 Å². The minimum atomic E-state index is -0.748. The van der Waals surface area contributed by atoms with Crippen LogP contribution < -0.4 is 10.2 Å². The summed E-state index contributed by atoms with van der Waals surface area (Å²) in [6.07, 6.45) is 0. The highest BCUT2D eigenvalue weighted by atomic mass is 35.5. The maximum atomic E-state index is 13.2. The molecule has 1 N–H and O–H groups in total. The highest BCUT2D eigenvalue weighted by Gasteiger charge is 2.45. The van der Waals surface area contributed by atoms with Crippen LogP contribution in [0.25, 0.3) is 0 Å². The van der Waals surface area contributed by atoms with Crippen molar-refractivity contribution in [3.8, 4) is 0 Å². The van der Waals surface area contributed by atoms with Crippen LogP contribution in [-0.4, -0.2) is 52.6 Å². The molecule has 2 fully saturated rings. The smallest absolute Gasteiger partial charge is 0.274 e. The predicted molar refractivity (Wildman–Crippen MR) is 105 cm³/mol. The number of anilines is 2. The molecule has 1 aromatic heterocycles. The second-order valence-corrected chi connectivity index (χ2v) is 6.98. The van der Waals surface area contributed by atoms with E-state index in [2.05, 4.69) is 10.3 Å². The van der Waals surface area contributed by atoms with Crippen molar-refractivity contribution >= 4 is 52.1 Å². The molecule has 2 amide bonds. The van der Waals surface area contributed by atoms with Gasteiger partial charge in [-0.3, -0.25) is 14.5 Å². The van der Waals surface area contributed by atoms with Crippen LogP contribution in [0.1, 0.15) is 10.5 Å². The highest BCUT2D eigenvalue weighted by molar-refractivity contribution is 7.80. The topological polar surface area (TPSA) is 74.8 Å². The molecule has 0 saturated carbocycles. The van der Waals surface area contributed by atoms with Gasteiger partial charge >= 0.3 is 0 Å². The van der Waals surface area contributed by atoms with E-state index in [0.717, 1.165) is 6.07 Å². The highest BCUT2D eigenvalue weighted by Crippen LogP contribution is 2.34.